The molecule has 0 spiro atoms. The largest absolute Gasteiger partial charge is 0.441 e. The van der Waals surface area contributed by atoms with E-state index in [0.717, 1.165) is 23.8 Å². The Morgan fingerprint density at radius 1 is 1.22 bits per heavy atom. The van der Waals surface area contributed by atoms with E-state index in [4.69, 9.17) is 4.42 Å². The lowest BCUT2D eigenvalue weighted by molar-refractivity contribution is 0.115. The maximum absolute atomic E-state index is 13.0. The van der Waals surface area contributed by atoms with Crippen LogP contribution in [0.2, 0.25) is 0 Å². The average molecular weight is 442 g/mol. The number of halogens is 2. The maximum atomic E-state index is 13.0. The van der Waals surface area contributed by atoms with E-state index >= 15 is 0 Å². The lowest BCUT2D eigenvalue weighted by Crippen LogP contribution is -2.53. The Morgan fingerprint density at radius 3 is 2.69 bits per heavy atom. The summed E-state index contributed by atoms with van der Waals surface area (Å²) in [5, 5.41) is 6.59. The smallest absolute Gasteiger partial charge is 0.324 e. The number of hydrogen-bond donors (Lipinski definition) is 2. The van der Waals surface area contributed by atoms with Crippen LogP contribution in [0.3, 0.4) is 0 Å². The van der Waals surface area contributed by atoms with E-state index in [-0.39, 0.29) is 36.6 Å². The lowest BCUT2D eigenvalue weighted by atomic mass is 9.97. The first-order chi connectivity index (χ1) is 15.5. The maximum Gasteiger partial charge on any atom is 0.324 e. The number of aromatic nitrogens is 3. The van der Waals surface area contributed by atoms with Gasteiger partial charge in [0.05, 0.1) is 18.3 Å². The highest BCUT2D eigenvalue weighted by Gasteiger charge is 2.43. The van der Waals surface area contributed by atoms with Crippen LogP contribution in [0.15, 0.2) is 35.0 Å². The van der Waals surface area contributed by atoms with Gasteiger partial charge in [0.1, 0.15) is 0 Å². The van der Waals surface area contributed by atoms with E-state index < -0.39 is 6.43 Å². The standard InChI is InChI=1S/C22H24F2N6O2/c1-12-25-10-19(32-12)13-2-3-14-9-27-21(28-18(14)6-13)29-22(31)30-16-4-5-17(30)8-15(7-16)26-11-20(23)24/h2-3,6,9-10,15-17,20,26H,4-5,7-8,11H2,1H3,(H,27,28,29,31)/t15?,16-,17+. The first-order valence-electron chi connectivity index (χ1n) is 10.8. The van der Waals surface area contributed by atoms with Crippen LogP contribution in [0.1, 0.15) is 31.6 Å². The Morgan fingerprint density at radius 2 is 2.00 bits per heavy atom. The summed E-state index contributed by atoms with van der Waals surface area (Å²) in [6.45, 7) is 1.47. The highest BCUT2D eigenvalue weighted by Crippen LogP contribution is 2.36. The molecule has 32 heavy (non-hydrogen) atoms. The summed E-state index contributed by atoms with van der Waals surface area (Å²) in [4.78, 5) is 27.7. The number of alkyl halides is 2. The molecular weight excluding hydrogens is 418 g/mol. The van der Waals surface area contributed by atoms with Gasteiger partial charge >= 0.3 is 6.03 Å². The first kappa shape index (κ1) is 20.7. The summed E-state index contributed by atoms with van der Waals surface area (Å²) < 4.78 is 30.6. The van der Waals surface area contributed by atoms with Crippen molar-refractivity contribution in [2.45, 2.75) is 57.2 Å². The lowest BCUT2D eigenvalue weighted by Gasteiger charge is -2.39. The van der Waals surface area contributed by atoms with Crippen molar-refractivity contribution in [3.05, 3.63) is 36.5 Å². The molecule has 3 atom stereocenters. The number of nitrogens with one attached hydrogen (secondary N) is 2. The van der Waals surface area contributed by atoms with Crippen LogP contribution in [0.25, 0.3) is 22.2 Å². The molecule has 1 unspecified atom stereocenters. The van der Waals surface area contributed by atoms with Gasteiger partial charge in [-0.1, -0.05) is 12.1 Å². The number of urea groups is 1. The molecule has 8 nitrogen and oxygen atoms in total. The van der Waals surface area contributed by atoms with Gasteiger partial charge in [0, 0.05) is 42.2 Å². The molecule has 0 radical (unpaired) electrons. The molecule has 5 rings (SSSR count). The molecule has 2 saturated heterocycles. The van der Waals surface area contributed by atoms with Crippen LogP contribution in [0, 0.1) is 6.92 Å². The molecule has 2 aliphatic heterocycles. The third-order valence-corrected chi connectivity index (χ3v) is 6.24. The van der Waals surface area contributed by atoms with Gasteiger partial charge in [0.2, 0.25) is 5.95 Å². The molecule has 2 amide bonds. The molecule has 10 heteroatoms. The van der Waals surface area contributed by atoms with Gasteiger partial charge in [-0.2, -0.15) is 0 Å². The second-order valence-electron chi connectivity index (χ2n) is 8.40. The highest BCUT2D eigenvalue weighted by atomic mass is 19.3. The molecule has 2 N–H and O–H groups in total. The van der Waals surface area contributed by atoms with Gasteiger partial charge in [0.25, 0.3) is 6.43 Å². The van der Waals surface area contributed by atoms with Crippen LogP contribution in [-0.4, -0.2) is 57.0 Å². The molecule has 2 fully saturated rings. The normalized spacial score (nSPS) is 22.6. The van der Waals surface area contributed by atoms with Crippen LogP contribution in [0.5, 0.6) is 0 Å². The van der Waals surface area contributed by atoms with Crippen molar-refractivity contribution in [1.29, 1.82) is 0 Å². The summed E-state index contributed by atoms with van der Waals surface area (Å²) in [6, 6.07) is 5.51. The van der Waals surface area contributed by atoms with Crippen LogP contribution < -0.4 is 10.6 Å². The topological polar surface area (TPSA) is 96.2 Å². The number of rotatable bonds is 5. The van der Waals surface area contributed by atoms with E-state index in [9.17, 15) is 13.6 Å². The second kappa shape index (κ2) is 8.42. The Bertz CT molecular complexity index is 1120. The van der Waals surface area contributed by atoms with Gasteiger partial charge in [-0.25, -0.2) is 28.5 Å². The number of amides is 2. The molecule has 2 aliphatic rings. The van der Waals surface area contributed by atoms with Gasteiger partial charge in [0.15, 0.2) is 11.7 Å². The van der Waals surface area contributed by atoms with Crippen LogP contribution >= 0.6 is 0 Å². The van der Waals surface area contributed by atoms with Gasteiger partial charge in [-0.15, -0.1) is 0 Å². The summed E-state index contributed by atoms with van der Waals surface area (Å²) >= 11 is 0. The van der Waals surface area contributed by atoms with Crippen molar-refractivity contribution < 1.29 is 18.0 Å². The minimum Gasteiger partial charge on any atom is -0.441 e. The van der Waals surface area contributed by atoms with E-state index in [2.05, 4.69) is 25.6 Å². The quantitative estimate of drug-likeness (QED) is 0.621. The molecular formula is C22H24F2N6O2. The summed E-state index contributed by atoms with van der Waals surface area (Å²) in [5.74, 6) is 1.46. The van der Waals surface area contributed by atoms with Crippen molar-refractivity contribution in [3.8, 4) is 11.3 Å². The molecule has 168 valence electrons. The number of benzene rings is 1. The fourth-order valence-electron chi connectivity index (χ4n) is 4.82. The number of oxazole rings is 1. The number of anilines is 1. The molecule has 1 aromatic carbocycles. The number of carbonyl (C=O) groups excluding carboxylic acids is 1. The van der Waals surface area contributed by atoms with Crippen molar-refractivity contribution in [3.63, 3.8) is 0 Å². The van der Waals surface area contributed by atoms with Gasteiger partial charge in [-0.05, 0) is 31.7 Å². The average Bonchev–Trinajstić information content (AvgIpc) is 3.32. The minimum atomic E-state index is -2.37. The fourth-order valence-corrected chi connectivity index (χ4v) is 4.82. The number of nitrogens with zero attached hydrogens (tertiary/aromatic N) is 4. The molecule has 0 saturated carbocycles. The molecule has 4 heterocycles. The number of hydrogen-bond acceptors (Lipinski definition) is 6. The third kappa shape index (κ3) is 4.14. The van der Waals surface area contributed by atoms with E-state index in [1.165, 1.54) is 0 Å². The summed E-state index contributed by atoms with van der Waals surface area (Å²) in [6.07, 6.45) is 4.07. The summed E-state index contributed by atoms with van der Waals surface area (Å²) in [5.41, 5.74) is 1.52. The number of fused-ring (bicyclic) bond motifs is 3. The van der Waals surface area contributed by atoms with Crippen molar-refractivity contribution in [2.75, 3.05) is 11.9 Å². The Labute approximate surface area is 183 Å². The zero-order chi connectivity index (χ0) is 22.2. The van der Waals surface area contributed by atoms with Crippen molar-refractivity contribution in [1.82, 2.24) is 25.2 Å². The zero-order valence-corrected chi connectivity index (χ0v) is 17.6. The third-order valence-electron chi connectivity index (χ3n) is 6.24. The second-order valence-corrected chi connectivity index (χ2v) is 8.40. The molecule has 3 aromatic rings. The predicted octanol–water partition coefficient (Wildman–Crippen LogP) is 3.98. The molecule has 2 bridgehead atoms. The number of carbonyl (C=O) groups is 1. The summed E-state index contributed by atoms with van der Waals surface area (Å²) in [7, 11) is 0. The fraction of sp³-hybridized carbons (Fsp3) is 0.455. The van der Waals surface area contributed by atoms with Crippen LogP contribution in [-0.2, 0) is 0 Å². The monoisotopic (exact) mass is 442 g/mol. The Hall–Kier alpha value is -3.14. The van der Waals surface area contributed by atoms with Crippen molar-refractivity contribution in [2.24, 2.45) is 0 Å². The Balaban J connectivity index is 1.29. The van der Waals surface area contributed by atoms with Gasteiger partial charge < -0.3 is 14.6 Å². The Kier molecular flexibility index (Phi) is 5.46. The highest BCUT2D eigenvalue weighted by molar-refractivity contribution is 5.90. The van der Waals surface area contributed by atoms with Crippen molar-refractivity contribution >= 4 is 22.9 Å². The predicted molar refractivity (Wildman–Crippen MR) is 114 cm³/mol. The van der Waals surface area contributed by atoms with Gasteiger partial charge in [-0.3, -0.25) is 5.32 Å². The zero-order valence-electron chi connectivity index (χ0n) is 17.6. The van der Waals surface area contributed by atoms with E-state index in [1.807, 2.05) is 23.1 Å². The number of piperidine rings is 1. The first-order valence-corrected chi connectivity index (χ1v) is 10.8. The molecule has 2 aromatic heterocycles. The minimum absolute atomic E-state index is 0.0145. The van der Waals surface area contributed by atoms with E-state index in [0.29, 0.717) is 30.0 Å². The van der Waals surface area contributed by atoms with Crippen LogP contribution in [0.4, 0.5) is 19.5 Å². The molecule has 0 aliphatic carbocycles. The SMILES string of the molecule is Cc1ncc(-c2ccc3cnc(NC(=O)N4[C@@H]5CC[C@H]4CC(NCC(F)F)C5)nc3c2)o1. The number of aryl methyl sites for hydroxylation is 1. The van der Waals surface area contributed by atoms with E-state index in [1.54, 1.807) is 19.3 Å².